The van der Waals surface area contributed by atoms with Crippen LogP contribution in [0.15, 0.2) is 95.1 Å². The fourth-order valence-corrected chi connectivity index (χ4v) is 3.98. The second kappa shape index (κ2) is 8.00. The maximum Gasteiger partial charge on any atom is 0.343 e. The molecule has 0 bridgehead atoms. The Morgan fingerprint density at radius 2 is 1.71 bits per heavy atom. The molecule has 0 unspecified atom stereocenters. The topological polar surface area (TPSA) is 31.2 Å². The summed E-state index contributed by atoms with van der Waals surface area (Å²) in [5.74, 6) is -0.0771. The van der Waals surface area contributed by atoms with E-state index in [1.807, 2.05) is 60.8 Å². The van der Waals surface area contributed by atoms with Crippen molar-refractivity contribution < 1.29 is 13.9 Å². The van der Waals surface area contributed by atoms with Gasteiger partial charge in [0.05, 0.1) is 5.57 Å². The van der Waals surface area contributed by atoms with Crippen molar-refractivity contribution in [3.05, 3.63) is 118 Å². The van der Waals surface area contributed by atoms with Crippen molar-refractivity contribution in [2.45, 2.75) is 6.54 Å². The van der Waals surface area contributed by atoms with Gasteiger partial charge in [-0.1, -0.05) is 58.4 Å². The zero-order chi connectivity index (χ0) is 21.4. The van der Waals surface area contributed by atoms with E-state index in [0.29, 0.717) is 17.9 Å². The molecule has 5 heteroatoms. The van der Waals surface area contributed by atoms with Crippen LogP contribution in [-0.2, 0) is 16.1 Å². The molecule has 2 heterocycles. The highest BCUT2D eigenvalue weighted by atomic mass is 79.9. The molecule has 1 aliphatic rings. The lowest BCUT2D eigenvalue weighted by Crippen LogP contribution is -1.98. The first-order valence-electron chi connectivity index (χ1n) is 9.81. The molecule has 0 atom stereocenters. The van der Waals surface area contributed by atoms with Crippen molar-refractivity contribution in [1.82, 2.24) is 4.57 Å². The Balaban J connectivity index is 1.52. The first kappa shape index (κ1) is 19.5. The number of carbonyl (C=O) groups excluding carboxylic acids is 1. The summed E-state index contributed by atoms with van der Waals surface area (Å²) in [5, 5.41) is 1.04. The van der Waals surface area contributed by atoms with Gasteiger partial charge in [-0.2, -0.15) is 0 Å². The molecule has 0 spiro atoms. The highest BCUT2D eigenvalue weighted by molar-refractivity contribution is 9.10. The van der Waals surface area contributed by atoms with Gasteiger partial charge in [-0.3, -0.25) is 0 Å². The predicted molar refractivity (Wildman–Crippen MR) is 124 cm³/mol. The molecule has 0 saturated heterocycles. The number of esters is 1. The summed E-state index contributed by atoms with van der Waals surface area (Å²) in [6, 6.07) is 22.1. The zero-order valence-electron chi connectivity index (χ0n) is 16.4. The number of hydrogen-bond acceptors (Lipinski definition) is 2. The monoisotopic (exact) mass is 473 g/mol. The molecule has 1 aromatic heterocycles. The lowest BCUT2D eigenvalue weighted by Gasteiger charge is -2.05. The number of benzene rings is 3. The Morgan fingerprint density at radius 1 is 0.968 bits per heavy atom. The van der Waals surface area contributed by atoms with E-state index in [1.54, 1.807) is 18.2 Å². The molecule has 0 fully saturated rings. The maximum absolute atomic E-state index is 13.3. The average Bonchev–Trinajstić information content (AvgIpc) is 3.31. The Hall–Kier alpha value is -3.44. The Morgan fingerprint density at radius 3 is 2.48 bits per heavy atom. The van der Waals surface area contributed by atoms with E-state index >= 15 is 0 Å². The molecule has 0 radical (unpaired) electrons. The number of fused-ring (bicyclic) bond motifs is 1. The first-order chi connectivity index (χ1) is 15.1. The molecule has 31 heavy (non-hydrogen) atoms. The standard InChI is InChI=1S/C26H17BrFNO2/c27-21-9-7-18(8-10-21)25-14-19(26(30)31-25)13-20-16-29(24-4-2-1-3-23(20)24)15-17-5-11-22(28)12-6-17/h1-14,16H,15H2/b19-13+. The lowest BCUT2D eigenvalue weighted by molar-refractivity contribution is -0.130. The summed E-state index contributed by atoms with van der Waals surface area (Å²) in [7, 11) is 0. The van der Waals surface area contributed by atoms with Crippen LogP contribution in [0.3, 0.4) is 0 Å². The third-order valence-electron chi connectivity index (χ3n) is 5.25. The normalized spacial score (nSPS) is 14.8. The number of para-hydroxylation sites is 1. The number of halogens is 2. The molecule has 3 nitrogen and oxygen atoms in total. The molecular weight excluding hydrogens is 457 g/mol. The van der Waals surface area contributed by atoms with E-state index in [2.05, 4.69) is 20.5 Å². The van der Waals surface area contributed by atoms with Crippen LogP contribution in [0, 0.1) is 5.82 Å². The van der Waals surface area contributed by atoms with Crippen molar-refractivity contribution in [3.8, 4) is 0 Å². The van der Waals surface area contributed by atoms with Gasteiger partial charge in [0, 0.05) is 39.2 Å². The van der Waals surface area contributed by atoms with Gasteiger partial charge in [0.25, 0.3) is 0 Å². The smallest absolute Gasteiger partial charge is 0.343 e. The number of hydrogen-bond donors (Lipinski definition) is 0. The van der Waals surface area contributed by atoms with Gasteiger partial charge >= 0.3 is 5.97 Å². The minimum absolute atomic E-state index is 0.250. The fourth-order valence-electron chi connectivity index (χ4n) is 3.72. The molecular formula is C26H17BrFNO2. The summed E-state index contributed by atoms with van der Waals surface area (Å²) in [6.07, 6.45) is 5.65. The van der Waals surface area contributed by atoms with Crippen molar-refractivity contribution in [1.29, 1.82) is 0 Å². The predicted octanol–water partition coefficient (Wildman–Crippen LogP) is 6.57. The molecule has 3 aromatic carbocycles. The third kappa shape index (κ3) is 3.97. The number of nitrogens with zero attached hydrogens (tertiary/aromatic N) is 1. The highest BCUT2D eigenvalue weighted by Crippen LogP contribution is 2.30. The molecule has 0 N–H and O–H groups in total. The summed E-state index contributed by atoms with van der Waals surface area (Å²) >= 11 is 3.41. The average molecular weight is 474 g/mol. The van der Waals surface area contributed by atoms with Gasteiger partial charge in [-0.05, 0) is 48.0 Å². The number of aromatic nitrogens is 1. The summed E-state index contributed by atoms with van der Waals surface area (Å²) < 4.78 is 21.8. The lowest BCUT2D eigenvalue weighted by atomic mass is 10.1. The van der Waals surface area contributed by atoms with Gasteiger partial charge in [0.1, 0.15) is 11.6 Å². The SMILES string of the molecule is O=C1OC(c2ccc(Br)cc2)=C/C1=C\c1cn(Cc2ccc(F)cc2)c2ccccc12. The van der Waals surface area contributed by atoms with Crippen LogP contribution in [0.4, 0.5) is 4.39 Å². The van der Waals surface area contributed by atoms with Crippen LogP contribution < -0.4 is 0 Å². The third-order valence-corrected chi connectivity index (χ3v) is 5.78. The van der Waals surface area contributed by atoms with E-state index in [0.717, 1.165) is 32.1 Å². The number of carbonyl (C=O) groups is 1. The minimum atomic E-state index is -0.367. The van der Waals surface area contributed by atoms with Crippen LogP contribution in [0.5, 0.6) is 0 Å². The Kier molecular flexibility index (Phi) is 5.04. The van der Waals surface area contributed by atoms with Crippen LogP contribution in [-0.4, -0.2) is 10.5 Å². The Bertz CT molecular complexity index is 1350. The second-order valence-corrected chi connectivity index (χ2v) is 8.28. The van der Waals surface area contributed by atoms with Crippen molar-refractivity contribution in [2.75, 3.05) is 0 Å². The zero-order valence-corrected chi connectivity index (χ0v) is 18.0. The quantitative estimate of drug-likeness (QED) is 0.247. The molecule has 152 valence electrons. The Labute approximate surface area is 187 Å². The molecule has 0 amide bonds. The van der Waals surface area contributed by atoms with Crippen LogP contribution in [0.2, 0.25) is 0 Å². The van der Waals surface area contributed by atoms with Crippen molar-refractivity contribution in [2.24, 2.45) is 0 Å². The molecule has 4 aromatic rings. The fraction of sp³-hybridized carbons (Fsp3) is 0.0385. The molecule has 0 aliphatic carbocycles. The molecule has 5 rings (SSSR count). The van der Waals surface area contributed by atoms with E-state index < -0.39 is 0 Å². The largest absolute Gasteiger partial charge is 0.422 e. The van der Waals surface area contributed by atoms with Crippen LogP contribution in [0.1, 0.15) is 16.7 Å². The highest BCUT2D eigenvalue weighted by Gasteiger charge is 2.22. The van der Waals surface area contributed by atoms with Crippen LogP contribution in [0.25, 0.3) is 22.7 Å². The summed E-state index contributed by atoms with van der Waals surface area (Å²) in [4.78, 5) is 12.5. The van der Waals surface area contributed by atoms with Crippen LogP contribution >= 0.6 is 15.9 Å². The number of ether oxygens (including phenoxy) is 1. The first-order valence-corrected chi connectivity index (χ1v) is 10.6. The van der Waals surface area contributed by atoms with Gasteiger partial charge in [-0.15, -0.1) is 0 Å². The number of cyclic esters (lactones) is 1. The second-order valence-electron chi connectivity index (χ2n) is 7.36. The van der Waals surface area contributed by atoms with Gasteiger partial charge in [-0.25, -0.2) is 9.18 Å². The van der Waals surface area contributed by atoms with Crippen molar-refractivity contribution >= 4 is 44.6 Å². The summed E-state index contributed by atoms with van der Waals surface area (Å²) in [5.41, 5.74) is 4.32. The summed E-state index contributed by atoms with van der Waals surface area (Å²) in [6.45, 7) is 0.606. The van der Waals surface area contributed by atoms with E-state index in [4.69, 9.17) is 4.74 Å². The number of rotatable bonds is 4. The minimum Gasteiger partial charge on any atom is -0.422 e. The molecule has 0 saturated carbocycles. The van der Waals surface area contributed by atoms with E-state index in [9.17, 15) is 9.18 Å². The molecule has 1 aliphatic heterocycles. The van der Waals surface area contributed by atoms with E-state index in [-0.39, 0.29) is 11.8 Å². The van der Waals surface area contributed by atoms with Crippen molar-refractivity contribution in [3.63, 3.8) is 0 Å². The van der Waals surface area contributed by atoms with Gasteiger partial charge in [0.15, 0.2) is 0 Å². The van der Waals surface area contributed by atoms with Gasteiger partial charge in [0.2, 0.25) is 0 Å². The van der Waals surface area contributed by atoms with Gasteiger partial charge < -0.3 is 9.30 Å². The maximum atomic E-state index is 13.3. The van der Waals surface area contributed by atoms with E-state index in [1.165, 1.54) is 12.1 Å².